The third-order valence-corrected chi connectivity index (χ3v) is 2.83. The van der Waals surface area contributed by atoms with Crippen LogP contribution in [0.4, 0.5) is 0 Å². The Hall–Kier alpha value is -1.02. The van der Waals surface area contributed by atoms with Crippen molar-refractivity contribution >= 4 is 22.5 Å². The van der Waals surface area contributed by atoms with Gasteiger partial charge in [0, 0.05) is 17.8 Å². The van der Waals surface area contributed by atoms with Crippen LogP contribution in [-0.4, -0.2) is 15.7 Å². The molecule has 0 aliphatic heterocycles. The predicted octanol–water partition coefficient (Wildman–Crippen LogP) is 2.91. The summed E-state index contributed by atoms with van der Waals surface area (Å²) in [6.45, 7) is 3.01. The van der Waals surface area contributed by atoms with Gasteiger partial charge in [-0.1, -0.05) is 25.1 Å². The van der Waals surface area contributed by atoms with E-state index in [0.717, 1.165) is 6.54 Å². The van der Waals surface area contributed by atoms with E-state index in [1.54, 1.807) is 0 Å². The molecule has 0 aliphatic rings. The smallest absolute Gasteiger partial charge is 0.0682 e. The van der Waals surface area contributed by atoms with Gasteiger partial charge in [0.2, 0.25) is 0 Å². The number of alkyl halides is 1. The van der Waals surface area contributed by atoms with Gasteiger partial charge in [-0.3, -0.25) is 4.68 Å². The van der Waals surface area contributed by atoms with Crippen LogP contribution < -0.4 is 0 Å². The van der Waals surface area contributed by atoms with Crippen LogP contribution in [0.3, 0.4) is 0 Å². The Morgan fingerprint density at radius 3 is 3.00 bits per heavy atom. The van der Waals surface area contributed by atoms with Gasteiger partial charge in [0.05, 0.1) is 11.7 Å². The number of rotatable bonds is 3. The van der Waals surface area contributed by atoms with Gasteiger partial charge in [-0.2, -0.15) is 5.10 Å². The van der Waals surface area contributed by atoms with E-state index in [0.29, 0.717) is 11.8 Å². The zero-order valence-corrected chi connectivity index (χ0v) is 8.91. The lowest BCUT2D eigenvalue weighted by Crippen LogP contribution is -2.09. The number of hydrogen-bond donors (Lipinski definition) is 0. The van der Waals surface area contributed by atoms with Crippen LogP contribution in [0.15, 0.2) is 30.5 Å². The normalized spacial score (nSPS) is 13.3. The summed E-state index contributed by atoms with van der Waals surface area (Å²) in [5.41, 5.74) is 1.18. The van der Waals surface area contributed by atoms with E-state index in [1.807, 2.05) is 23.0 Å². The maximum atomic E-state index is 5.78. The fourth-order valence-electron chi connectivity index (χ4n) is 1.52. The Bertz CT molecular complexity index is 422. The van der Waals surface area contributed by atoms with Gasteiger partial charge in [0.1, 0.15) is 0 Å². The van der Waals surface area contributed by atoms with Crippen LogP contribution >= 0.6 is 11.6 Å². The number of benzene rings is 1. The zero-order valence-electron chi connectivity index (χ0n) is 8.15. The third kappa shape index (κ3) is 1.75. The first-order valence-electron chi connectivity index (χ1n) is 4.78. The molecule has 0 bridgehead atoms. The molecule has 1 aromatic carbocycles. The van der Waals surface area contributed by atoms with E-state index < -0.39 is 0 Å². The number of para-hydroxylation sites is 1. The second-order valence-corrected chi connectivity index (χ2v) is 3.95. The lowest BCUT2D eigenvalue weighted by atomic mass is 10.2. The molecular formula is C11H13ClN2. The molecule has 14 heavy (non-hydrogen) atoms. The molecule has 0 aliphatic carbocycles. The Kier molecular flexibility index (Phi) is 2.73. The van der Waals surface area contributed by atoms with Crippen molar-refractivity contribution in [3.05, 3.63) is 30.5 Å². The summed E-state index contributed by atoms with van der Waals surface area (Å²) in [5, 5.41) is 5.53. The molecule has 2 rings (SSSR count). The van der Waals surface area contributed by atoms with Crippen molar-refractivity contribution in [3.8, 4) is 0 Å². The summed E-state index contributed by atoms with van der Waals surface area (Å²) in [6, 6.07) is 8.22. The Balaban J connectivity index is 2.33. The summed E-state index contributed by atoms with van der Waals surface area (Å²) in [7, 11) is 0. The minimum atomic E-state index is 0.458. The predicted molar refractivity (Wildman–Crippen MR) is 59.6 cm³/mol. The molecule has 0 fully saturated rings. The van der Waals surface area contributed by atoms with Crippen molar-refractivity contribution in [2.24, 2.45) is 5.92 Å². The largest absolute Gasteiger partial charge is 0.265 e. The first kappa shape index (κ1) is 9.53. The highest BCUT2D eigenvalue weighted by atomic mass is 35.5. The second kappa shape index (κ2) is 4.01. The minimum absolute atomic E-state index is 0.458. The number of nitrogens with zero attached hydrogens (tertiary/aromatic N) is 2. The molecule has 0 radical (unpaired) electrons. The number of fused-ring (bicyclic) bond motifs is 1. The zero-order chi connectivity index (χ0) is 9.97. The topological polar surface area (TPSA) is 17.8 Å². The summed E-state index contributed by atoms with van der Waals surface area (Å²) in [6.07, 6.45) is 1.90. The molecule has 74 valence electrons. The van der Waals surface area contributed by atoms with Crippen molar-refractivity contribution in [3.63, 3.8) is 0 Å². The van der Waals surface area contributed by atoms with Gasteiger partial charge >= 0.3 is 0 Å². The highest BCUT2D eigenvalue weighted by molar-refractivity contribution is 6.18. The lowest BCUT2D eigenvalue weighted by Gasteiger charge is -2.08. The van der Waals surface area contributed by atoms with Crippen LogP contribution in [0.25, 0.3) is 10.9 Å². The summed E-state index contributed by atoms with van der Waals surface area (Å²) in [4.78, 5) is 0. The van der Waals surface area contributed by atoms with Gasteiger partial charge < -0.3 is 0 Å². The van der Waals surface area contributed by atoms with Gasteiger partial charge in [-0.05, 0) is 12.0 Å². The molecule has 0 N–H and O–H groups in total. The molecule has 0 spiro atoms. The van der Waals surface area contributed by atoms with Crippen LogP contribution in [0.5, 0.6) is 0 Å². The maximum Gasteiger partial charge on any atom is 0.0682 e. The quantitative estimate of drug-likeness (QED) is 0.710. The molecule has 3 heteroatoms. The summed E-state index contributed by atoms with van der Waals surface area (Å²) >= 11 is 5.78. The molecule has 0 saturated carbocycles. The summed E-state index contributed by atoms with van der Waals surface area (Å²) < 4.78 is 2.02. The SMILES string of the molecule is CC(CCl)Cn1ncc2ccccc21. The van der Waals surface area contributed by atoms with Crippen molar-refractivity contribution in [2.45, 2.75) is 13.5 Å². The standard InChI is InChI=1S/C11H13ClN2/c1-9(6-12)8-14-11-5-3-2-4-10(11)7-13-14/h2-5,7,9H,6,8H2,1H3. The average molecular weight is 209 g/mol. The minimum Gasteiger partial charge on any atom is -0.265 e. The summed E-state index contributed by atoms with van der Waals surface area (Å²) in [5.74, 6) is 1.13. The molecular weight excluding hydrogens is 196 g/mol. The van der Waals surface area contributed by atoms with Gasteiger partial charge in [-0.15, -0.1) is 11.6 Å². The Morgan fingerprint density at radius 1 is 1.43 bits per heavy atom. The van der Waals surface area contributed by atoms with Crippen LogP contribution in [0.2, 0.25) is 0 Å². The molecule has 1 aromatic heterocycles. The van der Waals surface area contributed by atoms with Gasteiger partial charge in [-0.25, -0.2) is 0 Å². The Morgan fingerprint density at radius 2 is 2.21 bits per heavy atom. The average Bonchev–Trinajstić information content (AvgIpc) is 2.62. The fraction of sp³-hybridized carbons (Fsp3) is 0.364. The number of aromatic nitrogens is 2. The van der Waals surface area contributed by atoms with Crippen molar-refractivity contribution in [1.82, 2.24) is 9.78 Å². The fourth-order valence-corrected chi connectivity index (χ4v) is 1.61. The van der Waals surface area contributed by atoms with Crippen LogP contribution in [-0.2, 0) is 6.54 Å². The maximum absolute atomic E-state index is 5.78. The number of halogens is 1. The molecule has 2 nitrogen and oxygen atoms in total. The first-order chi connectivity index (χ1) is 6.81. The Labute approximate surface area is 88.5 Å². The highest BCUT2D eigenvalue weighted by Crippen LogP contribution is 2.14. The molecule has 1 heterocycles. The van der Waals surface area contributed by atoms with E-state index in [9.17, 15) is 0 Å². The molecule has 0 amide bonds. The van der Waals surface area contributed by atoms with Crippen LogP contribution in [0, 0.1) is 5.92 Å². The molecule has 0 saturated heterocycles. The molecule has 1 atom stereocenters. The van der Waals surface area contributed by atoms with E-state index in [2.05, 4.69) is 24.2 Å². The monoisotopic (exact) mass is 208 g/mol. The molecule has 1 unspecified atom stereocenters. The number of hydrogen-bond acceptors (Lipinski definition) is 1. The van der Waals surface area contributed by atoms with E-state index in [4.69, 9.17) is 11.6 Å². The first-order valence-corrected chi connectivity index (χ1v) is 5.31. The van der Waals surface area contributed by atoms with E-state index in [-0.39, 0.29) is 0 Å². The lowest BCUT2D eigenvalue weighted by molar-refractivity contribution is 0.499. The van der Waals surface area contributed by atoms with Gasteiger partial charge in [0.25, 0.3) is 0 Å². The van der Waals surface area contributed by atoms with Crippen molar-refractivity contribution < 1.29 is 0 Å². The van der Waals surface area contributed by atoms with E-state index in [1.165, 1.54) is 10.9 Å². The van der Waals surface area contributed by atoms with E-state index >= 15 is 0 Å². The van der Waals surface area contributed by atoms with Crippen LogP contribution in [0.1, 0.15) is 6.92 Å². The molecule has 2 aromatic rings. The highest BCUT2D eigenvalue weighted by Gasteiger charge is 2.05. The van der Waals surface area contributed by atoms with Gasteiger partial charge in [0.15, 0.2) is 0 Å². The second-order valence-electron chi connectivity index (χ2n) is 3.64. The van der Waals surface area contributed by atoms with Crippen molar-refractivity contribution in [2.75, 3.05) is 5.88 Å². The van der Waals surface area contributed by atoms with Crippen molar-refractivity contribution in [1.29, 1.82) is 0 Å². The third-order valence-electron chi connectivity index (χ3n) is 2.30.